The first kappa shape index (κ1) is 22.6. The summed E-state index contributed by atoms with van der Waals surface area (Å²) in [6, 6.07) is 3.00. The molecule has 7 nitrogen and oxygen atoms in total. The molecule has 1 saturated heterocycles. The Morgan fingerprint density at radius 1 is 1.21 bits per heavy atom. The maximum atomic E-state index is 10.2. The maximum absolute atomic E-state index is 10.2. The molecule has 0 unspecified atom stereocenters. The van der Waals surface area contributed by atoms with Crippen molar-refractivity contribution in [2.75, 3.05) is 57.9 Å². The van der Waals surface area contributed by atoms with Gasteiger partial charge < -0.3 is 19.6 Å². The van der Waals surface area contributed by atoms with Gasteiger partial charge in [0, 0.05) is 70.5 Å². The largest absolute Gasteiger partial charge is 0.395 e. The second-order valence-corrected chi connectivity index (χ2v) is 10.1. The number of piperazine rings is 1. The second kappa shape index (κ2) is 9.61. The van der Waals surface area contributed by atoms with Crippen LogP contribution in [0.2, 0.25) is 0 Å². The molecule has 3 heterocycles. The van der Waals surface area contributed by atoms with E-state index in [-0.39, 0.29) is 6.61 Å². The van der Waals surface area contributed by atoms with E-state index in [1.54, 1.807) is 7.11 Å². The first-order chi connectivity index (χ1) is 16.1. The van der Waals surface area contributed by atoms with Gasteiger partial charge in [-0.05, 0) is 49.1 Å². The third-order valence-corrected chi connectivity index (χ3v) is 7.86. The normalized spacial score (nSPS) is 23.4. The number of β-amino-alcohol motifs (C(OH)–C–C–N with tert-alkyl or cyclic N) is 1. The van der Waals surface area contributed by atoms with Crippen LogP contribution in [-0.4, -0.2) is 79.0 Å². The molecule has 0 radical (unpaired) electrons. The number of hydrogen-bond donors (Lipinski definition) is 1. The zero-order chi connectivity index (χ0) is 22.9. The van der Waals surface area contributed by atoms with Crippen molar-refractivity contribution in [1.82, 2.24) is 14.8 Å². The molecule has 178 valence electrons. The SMILES string of the molecule is C=C(CCOC)N1CCN(c2nc(C3CC3)c3c(c2C#N)CCN(CCO)C3)C[C@H]1C1CC1. The summed E-state index contributed by atoms with van der Waals surface area (Å²) in [5, 5.41) is 19.7. The quantitative estimate of drug-likeness (QED) is 0.619. The van der Waals surface area contributed by atoms with Crippen LogP contribution in [0.15, 0.2) is 12.3 Å². The number of methoxy groups -OCH3 is 1. The fourth-order valence-electron chi connectivity index (χ4n) is 5.72. The van der Waals surface area contributed by atoms with E-state index in [2.05, 4.69) is 27.3 Å². The van der Waals surface area contributed by atoms with Gasteiger partial charge >= 0.3 is 0 Å². The minimum absolute atomic E-state index is 0.174. The van der Waals surface area contributed by atoms with Gasteiger partial charge in [0.15, 0.2) is 0 Å². The Hall–Kier alpha value is -2.14. The van der Waals surface area contributed by atoms with Crippen LogP contribution in [-0.2, 0) is 17.7 Å². The number of aliphatic hydroxyl groups is 1. The zero-order valence-corrected chi connectivity index (χ0v) is 19.9. The third kappa shape index (κ3) is 4.62. The number of nitriles is 1. The van der Waals surface area contributed by atoms with Crippen LogP contribution >= 0.6 is 0 Å². The van der Waals surface area contributed by atoms with Crippen molar-refractivity contribution in [3.63, 3.8) is 0 Å². The predicted octanol–water partition coefficient (Wildman–Crippen LogP) is 2.63. The number of rotatable bonds is 9. The summed E-state index contributed by atoms with van der Waals surface area (Å²) in [7, 11) is 1.75. The Kier molecular flexibility index (Phi) is 6.60. The lowest BCUT2D eigenvalue weighted by Gasteiger charge is -2.45. The van der Waals surface area contributed by atoms with Crippen LogP contribution in [0.5, 0.6) is 0 Å². The van der Waals surface area contributed by atoms with Crippen LogP contribution in [0.4, 0.5) is 5.82 Å². The van der Waals surface area contributed by atoms with E-state index >= 15 is 0 Å². The van der Waals surface area contributed by atoms with E-state index in [0.717, 1.165) is 56.9 Å². The number of hydrogen-bond acceptors (Lipinski definition) is 7. The van der Waals surface area contributed by atoms with Crippen molar-refractivity contribution in [2.45, 2.75) is 57.0 Å². The minimum Gasteiger partial charge on any atom is -0.395 e. The van der Waals surface area contributed by atoms with Gasteiger partial charge in [0.05, 0.1) is 24.5 Å². The fraction of sp³-hybridized carbons (Fsp3) is 0.692. The van der Waals surface area contributed by atoms with Gasteiger partial charge in [-0.3, -0.25) is 4.90 Å². The number of nitrogens with zero attached hydrogens (tertiary/aromatic N) is 5. The Balaban J connectivity index is 1.44. The average molecular weight is 452 g/mol. The van der Waals surface area contributed by atoms with Crippen molar-refractivity contribution < 1.29 is 9.84 Å². The smallest absolute Gasteiger partial charge is 0.147 e. The van der Waals surface area contributed by atoms with Gasteiger partial charge in [0.25, 0.3) is 0 Å². The van der Waals surface area contributed by atoms with Crippen LogP contribution in [0.3, 0.4) is 0 Å². The van der Waals surface area contributed by atoms with Crippen molar-refractivity contribution in [3.8, 4) is 6.07 Å². The molecule has 1 atom stereocenters. The molecule has 0 amide bonds. The van der Waals surface area contributed by atoms with Crippen LogP contribution in [0.25, 0.3) is 0 Å². The summed E-state index contributed by atoms with van der Waals surface area (Å²) in [5.41, 5.74) is 5.67. The van der Waals surface area contributed by atoms with E-state index in [1.165, 1.54) is 48.2 Å². The summed E-state index contributed by atoms with van der Waals surface area (Å²) in [6.07, 6.45) is 6.70. The summed E-state index contributed by atoms with van der Waals surface area (Å²) in [5.74, 6) is 2.17. The molecule has 1 aromatic heterocycles. The van der Waals surface area contributed by atoms with Crippen molar-refractivity contribution in [2.24, 2.45) is 5.92 Å². The number of anilines is 1. The summed E-state index contributed by atoms with van der Waals surface area (Å²) < 4.78 is 5.29. The van der Waals surface area contributed by atoms with Gasteiger partial charge in [-0.15, -0.1) is 0 Å². The van der Waals surface area contributed by atoms with Crippen LogP contribution < -0.4 is 4.90 Å². The average Bonchev–Trinajstić information content (AvgIpc) is 3.74. The van der Waals surface area contributed by atoms with E-state index in [4.69, 9.17) is 9.72 Å². The highest BCUT2D eigenvalue weighted by atomic mass is 16.5. The van der Waals surface area contributed by atoms with Gasteiger partial charge in [0.1, 0.15) is 11.9 Å². The molecule has 0 aromatic carbocycles. The molecule has 2 aliphatic carbocycles. The molecule has 7 heteroatoms. The Bertz CT molecular complexity index is 934. The molecule has 33 heavy (non-hydrogen) atoms. The maximum Gasteiger partial charge on any atom is 0.147 e. The van der Waals surface area contributed by atoms with Crippen LogP contribution in [0.1, 0.15) is 60.4 Å². The Morgan fingerprint density at radius 3 is 2.70 bits per heavy atom. The molecule has 0 spiro atoms. The summed E-state index contributed by atoms with van der Waals surface area (Å²) in [6.45, 7) is 10.4. The third-order valence-electron chi connectivity index (χ3n) is 7.86. The lowest BCUT2D eigenvalue weighted by atomic mass is 9.92. The van der Waals surface area contributed by atoms with Crippen molar-refractivity contribution >= 4 is 5.82 Å². The molecule has 4 aliphatic rings. The molecule has 0 bridgehead atoms. The van der Waals surface area contributed by atoms with Crippen molar-refractivity contribution in [3.05, 3.63) is 34.7 Å². The first-order valence-electron chi connectivity index (χ1n) is 12.6. The number of fused-ring (bicyclic) bond motifs is 1. The Labute approximate surface area is 197 Å². The molecule has 1 aromatic rings. The highest BCUT2D eigenvalue weighted by molar-refractivity contribution is 5.62. The number of pyridine rings is 1. The van der Waals surface area contributed by atoms with Crippen molar-refractivity contribution in [1.29, 1.82) is 5.26 Å². The molecule has 5 rings (SSSR count). The van der Waals surface area contributed by atoms with Crippen LogP contribution in [0, 0.1) is 17.2 Å². The molecule has 1 N–H and O–H groups in total. The highest BCUT2D eigenvalue weighted by Gasteiger charge is 2.41. The topological polar surface area (TPSA) is 75.9 Å². The molecule has 3 fully saturated rings. The fourth-order valence-corrected chi connectivity index (χ4v) is 5.72. The Morgan fingerprint density at radius 2 is 2.03 bits per heavy atom. The van der Waals surface area contributed by atoms with E-state index in [9.17, 15) is 10.4 Å². The summed E-state index contributed by atoms with van der Waals surface area (Å²) in [4.78, 5) is 12.4. The lowest BCUT2D eigenvalue weighted by Crippen LogP contribution is -2.54. The highest BCUT2D eigenvalue weighted by Crippen LogP contribution is 2.45. The van der Waals surface area contributed by atoms with Gasteiger partial charge in [-0.1, -0.05) is 6.58 Å². The minimum atomic E-state index is 0.174. The molecule has 2 saturated carbocycles. The predicted molar refractivity (Wildman–Crippen MR) is 128 cm³/mol. The molecular weight excluding hydrogens is 414 g/mol. The summed E-state index contributed by atoms with van der Waals surface area (Å²) >= 11 is 0. The number of aromatic nitrogens is 1. The lowest BCUT2D eigenvalue weighted by molar-refractivity contribution is 0.165. The monoisotopic (exact) mass is 451 g/mol. The standard InChI is InChI=1S/C26H37N5O2/c1-18(8-14-33-2)31-11-10-30(17-24(31)19-3-4-19)26-22(15-27)21-7-9-29(12-13-32)16-23(21)25(28-26)20-5-6-20/h19-20,24,32H,1,3-14,16-17H2,2H3/t24-/m0/s1. The van der Waals surface area contributed by atoms with Gasteiger partial charge in [-0.2, -0.15) is 5.26 Å². The van der Waals surface area contributed by atoms with E-state index in [1.807, 2.05) is 0 Å². The second-order valence-electron chi connectivity index (χ2n) is 10.1. The zero-order valence-electron chi connectivity index (χ0n) is 19.9. The molecular formula is C26H37N5O2. The number of ether oxygens (including phenoxy) is 1. The molecule has 2 aliphatic heterocycles. The first-order valence-corrected chi connectivity index (χ1v) is 12.6. The number of aliphatic hydroxyl groups excluding tert-OH is 1. The van der Waals surface area contributed by atoms with Gasteiger partial charge in [0.2, 0.25) is 0 Å². The van der Waals surface area contributed by atoms with E-state index in [0.29, 0.717) is 31.0 Å². The van der Waals surface area contributed by atoms with Gasteiger partial charge in [-0.25, -0.2) is 4.98 Å². The van der Waals surface area contributed by atoms with E-state index < -0.39 is 0 Å².